The van der Waals surface area contributed by atoms with Gasteiger partial charge in [-0.2, -0.15) is 0 Å². The number of ether oxygens (including phenoxy) is 1. The maximum absolute atomic E-state index is 10.1. The van der Waals surface area contributed by atoms with Crippen LogP contribution in [-0.4, -0.2) is 32.6 Å². The molecule has 118 valence electrons. The lowest BCUT2D eigenvalue weighted by Gasteiger charge is -2.06. The highest BCUT2D eigenvalue weighted by atomic mass is 16.5. The minimum absolute atomic E-state index is 0.00606. The molecule has 0 aliphatic rings. The number of rotatable bonds is 2. The maximum Gasteiger partial charge on any atom is 0.402 e. The molecule has 0 aliphatic heterocycles. The third kappa shape index (κ3) is 2.38. The molecule has 0 saturated heterocycles. The Morgan fingerprint density at radius 1 is 0.826 bits per heavy atom. The first-order chi connectivity index (χ1) is 10.9. The highest BCUT2D eigenvalue weighted by molar-refractivity contribution is 5.88. The molecule has 0 amide bonds. The molecule has 5 N–H and O–H groups in total. The molecular weight excluding hydrogens is 304 g/mol. The van der Waals surface area contributed by atoms with E-state index in [9.17, 15) is 25.5 Å². The fourth-order valence-electron chi connectivity index (χ4n) is 2.28. The smallest absolute Gasteiger partial charge is 0.402 e. The van der Waals surface area contributed by atoms with Gasteiger partial charge in [0.25, 0.3) is 0 Å². The monoisotopic (exact) mass is 317 g/mol. The van der Waals surface area contributed by atoms with Crippen LogP contribution < -0.4 is 4.74 Å². The normalized spacial score (nSPS) is 10.8. The first kappa shape index (κ1) is 14.6. The molecule has 0 atom stereocenters. The zero-order valence-corrected chi connectivity index (χ0v) is 11.9. The Morgan fingerprint density at radius 2 is 1.57 bits per heavy atom. The molecule has 0 spiro atoms. The summed E-state index contributed by atoms with van der Waals surface area (Å²) < 4.78 is 10.5. The van der Waals surface area contributed by atoms with Crippen molar-refractivity contribution < 1.29 is 34.7 Å². The van der Waals surface area contributed by atoms with E-state index in [4.69, 9.17) is 9.15 Å². The molecule has 0 unspecified atom stereocenters. The van der Waals surface area contributed by atoms with E-state index in [1.165, 1.54) is 31.4 Å². The van der Waals surface area contributed by atoms with E-state index in [1.807, 2.05) is 0 Å². The van der Waals surface area contributed by atoms with Crippen molar-refractivity contribution >= 4 is 11.0 Å². The predicted molar refractivity (Wildman–Crippen MR) is 80.9 cm³/mol. The first-order valence-corrected chi connectivity index (χ1v) is 6.53. The third-order valence-corrected chi connectivity index (χ3v) is 3.37. The lowest BCUT2D eigenvalue weighted by Crippen LogP contribution is -1.87. The fourth-order valence-corrected chi connectivity index (χ4v) is 2.28. The van der Waals surface area contributed by atoms with Crippen LogP contribution in [0.1, 0.15) is 0 Å². The summed E-state index contributed by atoms with van der Waals surface area (Å²) in [6.45, 7) is 0. The van der Waals surface area contributed by atoms with Gasteiger partial charge in [-0.15, -0.1) is 0 Å². The quantitative estimate of drug-likeness (QED) is 0.364. The van der Waals surface area contributed by atoms with E-state index in [1.54, 1.807) is 0 Å². The molecule has 0 aliphatic carbocycles. The molecule has 0 bridgehead atoms. The van der Waals surface area contributed by atoms with E-state index in [-0.39, 0.29) is 45.3 Å². The molecule has 3 aromatic rings. The van der Waals surface area contributed by atoms with Gasteiger partial charge < -0.3 is 30.3 Å². The largest absolute Gasteiger partial charge is 0.507 e. The number of aromatic hydroxyl groups is 5. The summed E-state index contributed by atoms with van der Waals surface area (Å²) in [5.74, 6) is -1.69. The second kappa shape index (κ2) is 5.13. The Bertz CT molecular complexity index is 918. The summed E-state index contributed by atoms with van der Waals surface area (Å²) in [4.78, 5) is 0. The molecule has 0 fully saturated rings. The lowest BCUT2D eigenvalue weighted by atomic mass is 10.1. The Labute approximate surface area is 129 Å². The second-order valence-corrected chi connectivity index (χ2v) is 4.88. The Balaban J connectivity index is 2.28. The molecule has 0 radical (unpaired) electrons. The van der Waals surface area contributed by atoms with Crippen molar-refractivity contribution in [1.82, 2.24) is 0 Å². The second-order valence-electron chi connectivity index (χ2n) is 4.88. The third-order valence-electron chi connectivity index (χ3n) is 3.37. The maximum atomic E-state index is 10.1. The van der Waals surface area contributed by atoms with Gasteiger partial charge in [0.05, 0.1) is 18.7 Å². The number of hydrogen-bond donors (Lipinski definition) is 5. The van der Waals surface area contributed by atoms with Crippen LogP contribution in [0, 0.1) is 0 Å². The molecule has 7 heteroatoms. The van der Waals surface area contributed by atoms with Crippen molar-refractivity contribution in [3.05, 3.63) is 30.3 Å². The van der Waals surface area contributed by atoms with Gasteiger partial charge in [0, 0.05) is 24.3 Å². The molecule has 0 saturated carbocycles. The van der Waals surface area contributed by atoms with E-state index in [0.717, 1.165) is 6.07 Å². The number of phenols is 4. The van der Waals surface area contributed by atoms with Crippen LogP contribution in [0.2, 0.25) is 0 Å². The van der Waals surface area contributed by atoms with Gasteiger partial charge in [0.1, 0.15) is 16.9 Å². The summed E-state index contributed by atoms with van der Waals surface area (Å²) in [7, 11) is 1.31. The van der Waals surface area contributed by atoms with Crippen molar-refractivity contribution in [3.63, 3.8) is 0 Å². The Hall–Kier alpha value is -3.35. The predicted octanol–water partition coefficient (Wildman–Crippen LogP) is 2.92. The van der Waals surface area contributed by atoms with E-state index < -0.39 is 11.5 Å². The highest BCUT2D eigenvalue weighted by Gasteiger charge is 2.26. The molecule has 1 heterocycles. The first-order valence-electron chi connectivity index (χ1n) is 6.53. The molecule has 23 heavy (non-hydrogen) atoms. The summed E-state index contributed by atoms with van der Waals surface area (Å²) >= 11 is 0. The summed E-state index contributed by atoms with van der Waals surface area (Å²) in [5.41, 5.74) is 0.362. The van der Waals surface area contributed by atoms with Crippen molar-refractivity contribution in [2.24, 2.45) is 0 Å². The van der Waals surface area contributed by atoms with Crippen molar-refractivity contribution in [1.29, 1.82) is 0 Å². The van der Waals surface area contributed by atoms with E-state index in [2.05, 4.69) is 0 Å². The SMILES string of the molecule is COc1cc(-c2[o+]c3cc(O)cc(O)c3cc2O)cc(O)c1O. The van der Waals surface area contributed by atoms with Gasteiger partial charge in [-0.3, -0.25) is 0 Å². The zero-order valence-electron chi connectivity index (χ0n) is 11.9. The zero-order chi connectivity index (χ0) is 16.7. The number of hydrogen-bond acceptors (Lipinski definition) is 6. The minimum Gasteiger partial charge on any atom is -0.507 e. The van der Waals surface area contributed by atoms with Crippen molar-refractivity contribution in [3.8, 4) is 45.8 Å². The highest BCUT2D eigenvalue weighted by Crippen LogP contribution is 2.43. The van der Waals surface area contributed by atoms with Crippen LogP contribution in [0.25, 0.3) is 22.3 Å². The van der Waals surface area contributed by atoms with E-state index >= 15 is 0 Å². The molecule has 1 aromatic heterocycles. The minimum atomic E-state index is -0.451. The van der Waals surface area contributed by atoms with Crippen LogP contribution in [0.4, 0.5) is 0 Å². The van der Waals surface area contributed by atoms with Gasteiger partial charge >= 0.3 is 11.3 Å². The van der Waals surface area contributed by atoms with Gasteiger partial charge in [-0.25, -0.2) is 4.42 Å². The Kier molecular flexibility index (Phi) is 3.25. The summed E-state index contributed by atoms with van der Waals surface area (Å²) in [6.07, 6.45) is 0. The van der Waals surface area contributed by atoms with Crippen LogP contribution in [0.5, 0.6) is 34.5 Å². The van der Waals surface area contributed by atoms with Crippen molar-refractivity contribution in [2.75, 3.05) is 7.11 Å². The van der Waals surface area contributed by atoms with E-state index in [0.29, 0.717) is 0 Å². The van der Waals surface area contributed by atoms with Crippen LogP contribution >= 0.6 is 0 Å². The topological polar surface area (TPSA) is 122 Å². The van der Waals surface area contributed by atoms with Crippen LogP contribution in [0.15, 0.2) is 34.7 Å². The number of methoxy groups -OCH3 is 1. The van der Waals surface area contributed by atoms with Crippen LogP contribution in [-0.2, 0) is 0 Å². The lowest BCUT2D eigenvalue weighted by molar-refractivity contribution is 0.351. The summed E-state index contributed by atoms with van der Waals surface area (Å²) in [6, 6.07) is 6.20. The molecule has 7 nitrogen and oxygen atoms in total. The summed E-state index contributed by atoms with van der Waals surface area (Å²) in [5, 5.41) is 49.0. The Morgan fingerprint density at radius 3 is 2.26 bits per heavy atom. The average Bonchev–Trinajstić information content (AvgIpc) is 2.50. The fraction of sp³-hybridized carbons (Fsp3) is 0.0625. The standard InChI is InChI=1S/C16H12O7/c1-22-14-3-7(2-11(19)15(14)21)16-12(20)6-9-10(18)4-8(17)5-13(9)23-16/h2-6H,1H3,(H4-,17,18,19,20,21)/p+1. The van der Waals surface area contributed by atoms with Gasteiger partial charge in [-0.05, 0) is 0 Å². The van der Waals surface area contributed by atoms with Gasteiger partial charge in [0.15, 0.2) is 11.5 Å². The number of fused-ring (bicyclic) bond motifs is 1. The average molecular weight is 317 g/mol. The van der Waals surface area contributed by atoms with Crippen molar-refractivity contribution in [2.45, 2.75) is 0 Å². The number of phenolic OH excluding ortho intramolecular Hbond substituents is 4. The molecule has 3 rings (SSSR count). The molecular formula is C16H13O7+. The van der Waals surface area contributed by atoms with Crippen LogP contribution in [0.3, 0.4) is 0 Å². The molecule has 2 aromatic carbocycles. The number of benzene rings is 2. The van der Waals surface area contributed by atoms with Gasteiger partial charge in [0.2, 0.25) is 11.5 Å². The van der Waals surface area contributed by atoms with Gasteiger partial charge in [-0.1, -0.05) is 0 Å².